The topological polar surface area (TPSA) is 76.0 Å². The van der Waals surface area contributed by atoms with Crippen molar-refractivity contribution in [1.29, 1.82) is 0 Å². The molecule has 1 aromatic heterocycles. The number of pyridine rings is 1. The average molecular weight is 573 g/mol. The Hall–Kier alpha value is -3.95. The molecule has 42 heavy (non-hydrogen) atoms. The molecule has 0 saturated carbocycles. The van der Waals surface area contributed by atoms with Crippen molar-refractivity contribution in [3.63, 3.8) is 0 Å². The highest BCUT2D eigenvalue weighted by Gasteiger charge is 2.31. The molecule has 1 fully saturated rings. The van der Waals surface area contributed by atoms with Crippen LogP contribution in [0.25, 0.3) is 27.4 Å². The van der Waals surface area contributed by atoms with E-state index in [1.165, 1.54) is 6.07 Å². The summed E-state index contributed by atoms with van der Waals surface area (Å²) in [6.45, 7) is 10.9. The fourth-order valence-corrected chi connectivity index (χ4v) is 6.01. The van der Waals surface area contributed by atoms with Crippen LogP contribution in [0.5, 0.6) is 11.5 Å². The minimum atomic E-state index is -0.586. The Balaban J connectivity index is 1.47. The third-order valence-electron chi connectivity index (χ3n) is 8.42. The summed E-state index contributed by atoms with van der Waals surface area (Å²) in [6.07, 6.45) is 3.40. The molecule has 1 atom stereocenters. The number of ether oxygens (including phenoxy) is 2. The number of rotatable bonds is 9. The van der Waals surface area contributed by atoms with Crippen LogP contribution in [0.3, 0.4) is 0 Å². The van der Waals surface area contributed by atoms with Crippen molar-refractivity contribution >= 4 is 33.3 Å². The monoisotopic (exact) mass is 572 g/mol. The summed E-state index contributed by atoms with van der Waals surface area (Å²) in [7, 11) is 0. The molecule has 1 unspecified atom stereocenters. The lowest BCUT2D eigenvalue weighted by Crippen LogP contribution is -2.42. The molecule has 220 valence electrons. The van der Waals surface area contributed by atoms with E-state index < -0.39 is 11.2 Å². The SMILES string of the molecule is CCN(CC)CCCC(C)Nc1c(F)cc2c(=O)c(C(=O)N3CCOCC3)cn3c2c1Oc1cc2ccccc2cc1-3. The molecular weight excluding hydrogens is 535 g/mol. The van der Waals surface area contributed by atoms with E-state index in [1.54, 1.807) is 11.1 Å². The van der Waals surface area contributed by atoms with E-state index in [0.717, 1.165) is 43.2 Å². The molecule has 2 aliphatic rings. The molecule has 3 heterocycles. The largest absolute Gasteiger partial charge is 0.451 e. The van der Waals surface area contributed by atoms with Crippen molar-refractivity contribution in [2.45, 2.75) is 39.7 Å². The summed E-state index contributed by atoms with van der Waals surface area (Å²) in [5.74, 6) is -0.185. The van der Waals surface area contributed by atoms with Crippen LogP contribution in [0.2, 0.25) is 0 Å². The Morgan fingerprint density at radius 2 is 1.81 bits per heavy atom. The first-order valence-electron chi connectivity index (χ1n) is 14.9. The van der Waals surface area contributed by atoms with Crippen LogP contribution >= 0.6 is 0 Å². The molecule has 0 aliphatic carbocycles. The Morgan fingerprint density at radius 3 is 2.52 bits per heavy atom. The standard InChI is InChI=1S/C33H37FN4O4/c1-4-36(5-2)12-8-9-21(3)35-29-26(34)19-24-30-32(29)42-28-18-23-11-7-6-10-22(23)17-27(28)38(30)20-25(31(24)39)33(40)37-13-15-41-16-14-37/h6-7,10-11,17-21,35H,4-5,8-9,12-16H2,1-3H3. The van der Waals surface area contributed by atoms with Gasteiger partial charge in [-0.05, 0) is 68.4 Å². The molecule has 1 saturated heterocycles. The van der Waals surface area contributed by atoms with Crippen molar-refractivity contribution in [1.82, 2.24) is 14.4 Å². The smallest absolute Gasteiger partial charge is 0.259 e. The number of anilines is 1. The van der Waals surface area contributed by atoms with E-state index in [4.69, 9.17) is 9.47 Å². The second-order valence-corrected chi connectivity index (χ2v) is 11.1. The van der Waals surface area contributed by atoms with Crippen LogP contribution in [0.15, 0.2) is 53.5 Å². The molecule has 3 aromatic carbocycles. The maximum atomic E-state index is 15.9. The molecule has 0 bridgehead atoms. The maximum absolute atomic E-state index is 15.9. The number of aromatic nitrogens is 1. The highest BCUT2D eigenvalue weighted by molar-refractivity contribution is 6.02. The first kappa shape index (κ1) is 28.2. The normalized spacial score (nSPS) is 15.1. The van der Waals surface area contributed by atoms with Gasteiger partial charge >= 0.3 is 0 Å². The molecule has 6 rings (SSSR count). The number of carbonyl (C=O) groups excluding carboxylic acids is 1. The quantitative estimate of drug-likeness (QED) is 0.241. The number of amides is 1. The van der Waals surface area contributed by atoms with Crippen molar-refractivity contribution in [2.75, 3.05) is 51.3 Å². The van der Waals surface area contributed by atoms with Gasteiger partial charge in [-0.1, -0.05) is 38.1 Å². The number of nitrogens with one attached hydrogen (secondary N) is 1. The minimum absolute atomic E-state index is 0.00115. The molecule has 0 radical (unpaired) electrons. The van der Waals surface area contributed by atoms with Crippen molar-refractivity contribution in [3.8, 4) is 17.2 Å². The zero-order valence-corrected chi connectivity index (χ0v) is 24.4. The van der Waals surface area contributed by atoms with Crippen LogP contribution in [0, 0.1) is 5.82 Å². The molecule has 8 nitrogen and oxygen atoms in total. The fraction of sp³-hybridized carbons (Fsp3) is 0.394. The van der Waals surface area contributed by atoms with E-state index in [9.17, 15) is 9.59 Å². The van der Waals surface area contributed by atoms with Crippen LogP contribution in [-0.4, -0.2) is 72.3 Å². The van der Waals surface area contributed by atoms with E-state index in [0.29, 0.717) is 43.3 Å². The molecule has 9 heteroatoms. The molecule has 4 aromatic rings. The second-order valence-electron chi connectivity index (χ2n) is 11.1. The van der Waals surface area contributed by atoms with Gasteiger partial charge in [-0.15, -0.1) is 0 Å². The number of carbonyl (C=O) groups is 1. The van der Waals surface area contributed by atoms with Crippen molar-refractivity contribution < 1.29 is 18.7 Å². The molecule has 0 spiro atoms. The van der Waals surface area contributed by atoms with Gasteiger partial charge in [0, 0.05) is 25.3 Å². The molecule has 1 amide bonds. The highest BCUT2D eigenvalue weighted by Crippen LogP contribution is 2.46. The summed E-state index contributed by atoms with van der Waals surface area (Å²) in [5.41, 5.74) is 0.843. The van der Waals surface area contributed by atoms with Gasteiger partial charge in [-0.2, -0.15) is 0 Å². The number of benzene rings is 3. The number of hydrogen-bond acceptors (Lipinski definition) is 6. The van der Waals surface area contributed by atoms with Crippen LogP contribution in [0.1, 0.15) is 44.0 Å². The Labute approximate surface area is 244 Å². The predicted octanol–water partition coefficient (Wildman–Crippen LogP) is 5.78. The lowest BCUT2D eigenvalue weighted by molar-refractivity contribution is 0.0302. The third-order valence-corrected chi connectivity index (χ3v) is 8.42. The van der Waals surface area contributed by atoms with Gasteiger partial charge in [0.25, 0.3) is 5.91 Å². The maximum Gasteiger partial charge on any atom is 0.259 e. The fourth-order valence-electron chi connectivity index (χ4n) is 6.01. The average Bonchev–Trinajstić information content (AvgIpc) is 3.01. The van der Waals surface area contributed by atoms with E-state index in [2.05, 4.69) is 24.1 Å². The lowest BCUT2D eigenvalue weighted by atomic mass is 10.0. The zero-order valence-electron chi connectivity index (χ0n) is 24.4. The lowest BCUT2D eigenvalue weighted by Gasteiger charge is -2.29. The molecule has 1 N–H and O–H groups in total. The van der Waals surface area contributed by atoms with Crippen molar-refractivity contribution in [2.24, 2.45) is 0 Å². The summed E-state index contributed by atoms with van der Waals surface area (Å²) in [4.78, 5) is 31.3. The Kier molecular flexibility index (Phi) is 7.88. The van der Waals surface area contributed by atoms with E-state index >= 15 is 4.39 Å². The molecular formula is C33H37FN4O4. The second kappa shape index (κ2) is 11.7. The van der Waals surface area contributed by atoms with Gasteiger partial charge < -0.3 is 29.2 Å². The summed E-state index contributed by atoms with van der Waals surface area (Å²) >= 11 is 0. The van der Waals surface area contributed by atoms with Gasteiger partial charge in [0.2, 0.25) is 5.43 Å². The Bertz CT molecular complexity index is 1710. The number of morpholine rings is 1. The summed E-state index contributed by atoms with van der Waals surface area (Å²) in [5, 5.41) is 5.41. The van der Waals surface area contributed by atoms with E-state index in [-0.39, 0.29) is 34.3 Å². The highest BCUT2D eigenvalue weighted by atomic mass is 19.1. The summed E-state index contributed by atoms with van der Waals surface area (Å²) < 4.78 is 29.6. The van der Waals surface area contributed by atoms with Gasteiger partial charge in [0.15, 0.2) is 17.3 Å². The van der Waals surface area contributed by atoms with Crippen LogP contribution in [0.4, 0.5) is 10.1 Å². The number of hydrogen-bond donors (Lipinski definition) is 1. The van der Waals surface area contributed by atoms with Gasteiger partial charge in [-0.3, -0.25) is 9.59 Å². The first-order chi connectivity index (χ1) is 20.4. The van der Waals surface area contributed by atoms with Gasteiger partial charge in [0.1, 0.15) is 16.8 Å². The number of nitrogens with zero attached hydrogens (tertiary/aromatic N) is 3. The van der Waals surface area contributed by atoms with Gasteiger partial charge in [0.05, 0.1) is 24.3 Å². The van der Waals surface area contributed by atoms with E-state index in [1.807, 2.05) is 47.9 Å². The third kappa shape index (κ3) is 5.12. The number of fused-ring (bicyclic) bond motifs is 3. The van der Waals surface area contributed by atoms with Crippen LogP contribution in [-0.2, 0) is 4.74 Å². The van der Waals surface area contributed by atoms with Crippen molar-refractivity contribution in [3.05, 3.63) is 70.3 Å². The van der Waals surface area contributed by atoms with Gasteiger partial charge in [-0.25, -0.2) is 4.39 Å². The summed E-state index contributed by atoms with van der Waals surface area (Å²) in [6, 6.07) is 13.0. The molecule has 2 aliphatic heterocycles. The predicted molar refractivity (Wildman–Crippen MR) is 164 cm³/mol. The van der Waals surface area contributed by atoms with Crippen LogP contribution < -0.4 is 15.5 Å². The number of halogens is 1. The Morgan fingerprint density at radius 1 is 1.10 bits per heavy atom. The zero-order chi connectivity index (χ0) is 29.4. The minimum Gasteiger partial charge on any atom is -0.451 e. The first-order valence-corrected chi connectivity index (χ1v) is 14.9.